The molecule has 2 nitrogen and oxygen atoms in total. The SMILES string of the molecule is O=C(Nc1cccc(Cl)c1)C1(c2ccccc2)CCCC1. The fraction of sp³-hybridized carbons (Fsp3) is 0.278. The molecule has 1 aliphatic carbocycles. The lowest BCUT2D eigenvalue weighted by atomic mass is 9.78. The molecule has 0 bridgehead atoms. The molecular formula is C18H18ClNO. The van der Waals surface area contributed by atoms with Crippen molar-refractivity contribution in [2.75, 3.05) is 5.32 Å². The summed E-state index contributed by atoms with van der Waals surface area (Å²) in [6.45, 7) is 0. The normalized spacial score (nSPS) is 16.6. The summed E-state index contributed by atoms with van der Waals surface area (Å²) in [7, 11) is 0. The van der Waals surface area contributed by atoms with E-state index in [1.54, 1.807) is 12.1 Å². The summed E-state index contributed by atoms with van der Waals surface area (Å²) in [5.41, 5.74) is 1.47. The van der Waals surface area contributed by atoms with Crippen molar-refractivity contribution in [2.24, 2.45) is 0 Å². The molecule has 1 N–H and O–H groups in total. The van der Waals surface area contributed by atoms with Gasteiger partial charge in [0.05, 0.1) is 5.41 Å². The molecule has 108 valence electrons. The van der Waals surface area contributed by atoms with Gasteiger partial charge in [0.2, 0.25) is 5.91 Å². The second-order valence-corrected chi connectivity index (χ2v) is 6.06. The fourth-order valence-electron chi connectivity index (χ4n) is 3.20. The Bertz CT molecular complexity index is 633. The van der Waals surface area contributed by atoms with Crippen molar-refractivity contribution in [3.63, 3.8) is 0 Å². The van der Waals surface area contributed by atoms with Crippen molar-refractivity contribution < 1.29 is 4.79 Å². The van der Waals surface area contributed by atoms with Crippen LogP contribution in [-0.2, 0) is 10.2 Å². The van der Waals surface area contributed by atoms with E-state index in [1.165, 1.54) is 0 Å². The Labute approximate surface area is 130 Å². The monoisotopic (exact) mass is 299 g/mol. The van der Waals surface area contributed by atoms with E-state index in [2.05, 4.69) is 17.4 Å². The Morgan fingerprint density at radius 2 is 1.71 bits per heavy atom. The first-order valence-electron chi connectivity index (χ1n) is 7.33. The summed E-state index contributed by atoms with van der Waals surface area (Å²) in [4.78, 5) is 12.9. The first-order chi connectivity index (χ1) is 10.2. The summed E-state index contributed by atoms with van der Waals surface area (Å²) in [5, 5.41) is 3.67. The van der Waals surface area contributed by atoms with Crippen molar-refractivity contribution in [2.45, 2.75) is 31.1 Å². The molecule has 0 radical (unpaired) electrons. The number of rotatable bonds is 3. The van der Waals surface area contributed by atoms with Crippen LogP contribution in [0.2, 0.25) is 5.02 Å². The predicted molar refractivity (Wildman–Crippen MR) is 86.7 cm³/mol. The van der Waals surface area contributed by atoms with Crippen molar-refractivity contribution in [3.05, 3.63) is 65.2 Å². The number of amides is 1. The van der Waals surface area contributed by atoms with E-state index >= 15 is 0 Å². The number of carbonyl (C=O) groups is 1. The predicted octanol–water partition coefficient (Wildman–Crippen LogP) is 4.79. The summed E-state index contributed by atoms with van der Waals surface area (Å²) in [6, 6.07) is 17.4. The van der Waals surface area contributed by atoms with Gasteiger partial charge >= 0.3 is 0 Å². The minimum Gasteiger partial charge on any atom is -0.325 e. The van der Waals surface area contributed by atoms with Crippen LogP contribution in [-0.4, -0.2) is 5.91 Å². The van der Waals surface area contributed by atoms with E-state index in [1.807, 2.05) is 30.3 Å². The maximum absolute atomic E-state index is 12.9. The summed E-state index contributed by atoms with van der Waals surface area (Å²) >= 11 is 5.99. The molecule has 0 aromatic heterocycles. The molecule has 21 heavy (non-hydrogen) atoms. The number of anilines is 1. The highest BCUT2D eigenvalue weighted by molar-refractivity contribution is 6.30. The summed E-state index contributed by atoms with van der Waals surface area (Å²) in [5.74, 6) is 0.0773. The van der Waals surface area contributed by atoms with Crippen LogP contribution in [0.25, 0.3) is 0 Å². The number of halogens is 1. The number of benzene rings is 2. The van der Waals surface area contributed by atoms with Gasteiger partial charge in [-0.25, -0.2) is 0 Å². The van der Waals surface area contributed by atoms with Crippen molar-refractivity contribution in [1.29, 1.82) is 0 Å². The van der Waals surface area contributed by atoms with Gasteiger partial charge in [-0.3, -0.25) is 4.79 Å². The van der Waals surface area contributed by atoms with Gasteiger partial charge in [0.25, 0.3) is 0 Å². The second-order valence-electron chi connectivity index (χ2n) is 5.62. The molecule has 1 amide bonds. The van der Waals surface area contributed by atoms with Crippen molar-refractivity contribution >= 4 is 23.2 Å². The van der Waals surface area contributed by atoms with E-state index in [4.69, 9.17) is 11.6 Å². The van der Waals surface area contributed by atoms with Gasteiger partial charge in [-0.05, 0) is 36.6 Å². The van der Waals surface area contributed by atoms with Crippen LogP contribution in [0.3, 0.4) is 0 Å². The molecule has 3 rings (SSSR count). The molecule has 2 aromatic carbocycles. The largest absolute Gasteiger partial charge is 0.325 e. The van der Waals surface area contributed by atoms with Crippen LogP contribution in [0.15, 0.2) is 54.6 Å². The fourth-order valence-corrected chi connectivity index (χ4v) is 3.39. The molecule has 0 unspecified atom stereocenters. The number of hydrogen-bond acceptors (Lipinski definition) is 1. The molecule has 0 saturated heterocycles. The van der Waals surface area contributed by atoms with Crippen molar-refractivity contribution in [1.82, 2.24) is 0 Å². The van der Waals surface area contributed by atoms with E-state index in [9.17, 15) is 4.79 Å². The first-order valence-corrected chi connectivity index (χ1v) is 7.71. The maximum atomic E-state index is 12.9. The highest BCUT2D eigenvalue weighted by Gasteiger charge is 2.42. The zero-order valence-electron chi connectivity index (χ0n) is 11.8. The molecule has 0 aliphatic heterocycles. The Morgan fingerprint density at radius 1 is 1.00 bits per heavy atom. The first kappa shape index (κ1) is 14.2. The van der Waals surface area contributed by atoms with Gasteiger partial charge in [-0.1, -0.05) is 60.8 Å². The smallest absolute Gasteiger partial charge is 0.235 e. The quantitative estimate of drug-likeness (QED) is 0.867. The molecular weight excluding hydrogens is 282 g/mol. The highest BCUT2D eigenvalue weighted by atomic mass is 35.5. The Kier molecular flexibility index (Phi) is 3.98. The zero-order chi connectivity index (χ0) is 14.7. The Hall–Kier alpha value is -1.80. The van der Waals surface area contributed by atoms with Crippen LogP contribution in [0, 0.1) is 0 Å². The lowest BCUT2D eigenvalue weighted by Gasteiger charge is -2.28. The molecule has 1 saturated carbocycles. The van der Waals surface area contributed by atoms with Gasteiger partial charge in [0, 0.05) is 10.7 Å². The Morgan fingerprint density at radius 3 is 2.38 bits per heavy atom. The summed E-state index contributed by atoms with van der Waals surface area (Å²) < 4.78 is 0. The minimum absolute atomic E-state index is 0.0773. The molecule has 0 spiro atoms. The average Bonchev–Trinajstić information content (AvgIpc) is 2.99. The second kappa shape index (κ2) is 5.90. The minimum atomic E-state index is -0.399. The molecule has 1 aliphatic rings. The van der Waals surface area contributed by atoms with Crippen LogP contribution in [0.5, 0.6) is 0 Å². The van der Waals surface area contributed by atoms with Crippen molar-refractivity contribution in [3.8, 4) is 0 Å². The topological polar surface area (TPSA) is 29.1 Å². The van der Waals surface area contributed by atoms with Gasteiger partial charge in [-0.2, -0.15) is 0 Å². The zero-order valence-corrected chi connectivity index (χ0v) is 12.6. The Balaban J connectivity index is 1.89. The lowest BCUT2D eigenvalue weighted by Crippen LogP contribution is -2.37. The van der Waals surface area contributed by atoms with Gasteiger partial charge < -0.3 is 5.32 Å². The van der Waals surface area contributed by atoms with E-state index < -0.39 is 5.41 Å². The van der Waals surface area contributed by atoms with E-state index in [-0.39, 0.29) is 5.91 Å². The van der Waals surface area contributed by atoms with Crippen LogP contribution in [0.4, 0.5) is 5.69 Å². The van der Waals surface area contributed by atoms with Crippen LogP contribution < -0.4 is 5.32 Å². The third-order valence-corrected chi connectivity index (χ3v) is 4.54. The van der Waals surface area contributed by atoms with E-state index in [0.29, 0.717) is 5.02 Å². The summed E-state index contributed by atoms with van der Waals surface area (Å²) in [6.07, 6.45) is 4.00. The highest BCUT2D eigenvalue weighted by Crippen LogP contribution is 2.42. The van der Waals surface area contributed by atoms with Gasteiger partial charge in [-0.15, -0.1) is 0 Å². The molecule has 0 atom stereocenters. The number of nitrogens with one attached hydrogen (secondary N) is 1. The van der Waals surface area contributed by atoms with Gasteiger partial charge in [0.15, 0.2) is 0 Å². The lowest BCUT2D eigenvalue weighted by molar-refractivity contribution is -0.121. The third-order valence-electron chi connectivity index (χ3n) is 4.30. The van der Waals surface area contributed by atoms with Crippen LogP contribution >= 0.6 is 11.6 Å². The van der Waals surface area contributed by atoms with E-state index in [0.717, 1.165) is 36.9 Å². The number of hydrogen-bond donors (Lipinski definition) is 1. The third kappa shape index (κ3) is 2.81. The van der Waals surface area contributed by atoms with Crippen LogP contribution in [0.1, 0.15) is 31.2 Å². The van der Waals surface area contributed by atoms with Gasteiger partial charge in [0.1, 0.15) is 0 Å². The standard InChI is InChI=1S/C18H18ClNO/c19-15-9-6-10-16(13-15)20-17(21)18(11-4-5-12-18)14-7-2-1-3-8-14/h1-3,6-10,13H,4-5,11-12H2,(H,20,21). The average molecular weight is 300 g/mol. The molecule has 1 fully saturated rings. The molecule has 2 aromatic rings. The maximum Gasteiger partial charge on any atom is 0.235 e. The number of carbonyl (C=O) groups excluding carboxylic acids is 1. The molecule has 3 heteroatoms. The molecule has 0 heterocycles.